The Hall–Kier alpha value is -1.23. The van der Waals surface area contributed by atoms with Gasteiger partial charge in [0.15, 0.2) is 5.82 Å². The Labute approximate surface area is 107 Å². The lowest BCUT2D eigenvalue weighted by Crippen LogP contribution is -2.36. The van der Waals surface area contributed by atoms with Gasteiger partial charge in [-0.1, -0.05) is 19.1 Å². The molecule has 1 aromatic heterocycles. The third-order valence-corrected chi connectivity index (χ3v) is 3.69. The summed E-state index contributed by atoms with van der Waals surface area (Å²) in [4.78, 5) is 2.71. The van der Waals surface area contributed by atoms with Gasteiger partial charge in [0, 0.05) is 12.1 Å². The van der Waals surface area contributed by atoms with Crippen molar-refractivity contribution in [3.63, 3.8) is 0 Å². The molecule has 0 radical (unpaired) electrons. The van der Waals surface area contributed by atoms with E-state index in [0.29, 0.717) is 17.1 Å². The average Bonchev–Trinajstić information content (AvgIpc) is 2.70. The van der Waals surface area contributed by atoms with Crippen LogP contribution in [0.25, 0.3) is 0 Å². The van der Waals surface area contributed by atoms with Crippen molar-refractivity contribution in [2.75, 3.05) is 4.90 Å². The van der Waals surface area contributed by atoms with E-state index in [0.717, 1.165) is 17.8 Å². The molecule has 0 saturated carbocycles. The summed E-state index contributed by atoms with van der Waals surface area (Å²) >= 11 is 5.08. The van der Waals surface area contributed by atoms with Crippen LogP contribution in [0.3, 0.4) is 0 Å². The fourth-order valence-electron chi connectivity index (χ4n) is 2.56. The highest BCUT2D eigenvalue weighted by molar-refractivity contribution is 7.80. The highest BCUT2D eigenvalue weighted by Gasteiger charge is 2.32. The number of anilines is 1. The predicted molar refractivity (Wildman–Crippen MR) is 73.2 cm³/mol. The Morgan fingerprint density at radius 1 is 1.59 bits per heavy atom. The maximum atomic E-state index is 5.75. The van der Waals surface area contributed by atoms with E-state index in [4.69, 9.17) is 18.0 Å². The molecule has 1 aromatic rings. The Morgan fingerprint density at radius 2 is 2.35 bits per heavy atom. The van der Waals surface area contributed by atoms with Crippen LogP contribution >= 0.6 is 12.2 Å². The number of hydrogen-bond acceptors (Lipinski definition) is 4. The molecule has 2 atom stereocenters. The van der Waals surface area contributed by atoms with Gasteiger partial charge in [-0.2, -0.15) is 5.10 Å². The van der Waals surface area contributed by atoms with Crippen molar-refractivity contribution >= 4 is 23.0 Å². The second kappa shape index (κ2) is 4.96. The summed E-state index contributed by atoms with van der Waals surface area (Å²) in [7, 11) is 0. The number of nitrogens with zero attached hydrogens (tertiary/aromatic N) is 3. The topological polar surface area (TPSA) is 55.0 Å². The van der Waals surface area contributed by atoms with Crippen molar-refractivity contribution in [2.45, 2.75) is 45.2 Å². The van der Waals surface area contributed by atoms with E-state index < -0.39 is 0 Å². The molecular weight excluding hydrogens is 232 g/mol. The summed E-state index contributed by atoms with van der Waals surface area (Å²) < 4.78 is 0. The maximum Gasteiger partial charge on any atom is 0.162 e. The van der Waals surface area contributed by atoms with Crippen molar-refractivity contribution in [3.05, 3.63) is 17.8 Å². The third-order valence-electron chi connectivity index (χ3n) is 3.47. The molecule has 4 nitrogen and oxygen atoms in total. The number of hydrogen-bond donors (Lipinski definition) is 1. The number of rotatable bonds is 3. The van der Waals surface area contributed by atoms with Gasteiger partial charge in [0.1, 0.15) is 4.99 Å². The molecule has 1 aliphatic rings. The van der Waals surface area contributed by atoms with Crippen LogP contribution in [0.15, 0.2) is 12.3 Å². The summed E-state index contributed by atoms with van der Waals surface area (Å²) in [5.41, 5.74) is 6.59. The first-order valence-corrected chi connectivity index (χ1v) is 6.45. The highest BCUT2D eigenvalue weighted by atomic mass is 32.1. The Kier molecular flexibility index (Phi) is 3.57. The third kappa shape index (κ3) is 2.24. The molecule has 0 aliphatic carbocycles. The van der Waals surface area contributed by atoms with E-state index in [1.54, 1.807) is 6.20 Å². The number of aromatic nitrogens is 2. The summed E-state index contributed by atoms with van der Waals surface area (Å²) in [6, 6.07) is 2.85. The summed E-state index contributed by atoms with van der Waals surface area (Å²) in [5, 5.41) is 8.21. The van der Waals surface area contributed by atoms with E-state index in [1.165, 1.54) is 12.8 Å². The maximum absolute atomic E-state index is 5.75. The van der Waals surface area contributed by atoms with Crippen LogP contribution in [0, 0.1) is 0 Å². The van der Waals surface area contributed by atoms with Gasteiger partial charge in [0.05, 0.1) is 11.8 Å². The predicted octanol–water partition coefficient (Wildman–Crippen LogP) is 1.88. The lowest BCUT2D eigenvalue weighted by atomic mass is 10.1. The van der Waals surface area contributed by atoms with E-state index in [2.05, 4.69) is 28.9 Å². The van der Waals surface area contributed by atoms with Crippen LogP contribution in [0.5, 0.6) is 0 Å². The quantitative estimate of drug-likeness (QED) is 0.830. The molecule has 1 aliphatic heterocycles. The molecule has 17 heavy (non-hydrogen) atoms. The smallest absolute Gasteiger partial charge is 0.162 e. The van der Waals surface area contributed by atoms with Crippen molar-refractivity contribution in [1.82, 2.24) is 10.2 Å². The molecule has 0 bridgehead atoms. The zero-order valence-electron chi connectivity index (χ0n) is 10.3. The fraction of sp³-hybridized carbons (Fsp3) is 0.583. The molecule has 0 spiro atoms. The molecule has 5 heteroatoms. The molecule has 2 N–H and O–H groups in total. The molecule has 1 saturated heterocycles. The summed E-state index contributed by atoms with van der Waals surface area (Å²) in [6.45, 7) is 4.42. The lowest BCUT2D eigenvalue weighted by Gasteiger charge is -2.30. The van der Waals surface area contributed by atoms with Crippen molar-refractivity contribution in [1.29, 1.82) is 0 Å². The van der Waals surface area contributed by atoms with Crippen LogP contribution in [0.1, 0.15) is 38.7 Å². The lowest BCUT2D eigenvalue weighted by molar-refractivity contribution is 0.616. The molecule has 2 unspecified atom stereocenters. The zero-order chi connectivity index (χ0) is 12.4. The van der Waals surface area contributed by atoms with Gasteiger partial charge in [-0.15, -0.1) is 5.10 Å². The first-order valence-electron chi connectivity index (χ1n) is 6.05. The Bertz CT molecular complexity index is 421. The van der Waals surface area contributed by atoms with Crippen LogP contribution in [-0.2, 0) is 0 Å². The fourth-order valence-corrected chi connectivity index (χ4v) is 2.72. The summed E-state index contributed by atoms with van der Waals surface area (Å²) in [6.07, 6.45) is 5.13. The normalized spacial score (nSPS) is 24.0. The van der Waals surface area contributed by atoms with Crippen LogP contribution in [0.4, 0.5) is 5.82 Å². The van der Waals surface area contributed by atoms with E-state index in [1.807, 2.05) is 6.07 Å². The van der Waals surface area contributed by atoms with E-state index >= 15 is 0 Å². The number of thiocarbonyl (C=S) groups is 1. The van der Waals surface area contributed by atoms with Crippen LogP contribution in [0.2, 0.25) is 0 Å². The largest absolute Gasteiger partial charge is 0.389 e. The Morgan fingerprint density at radius 3 is 3.00 bits per heavy atom. The SMILES string of the molecule is CCC1CCC(C)N1c1nnccc1C(N)=S. The molecular formula is C12H18N4S. The van der Waals surface area contributed by atoms with Gasteiger partial charge in [-0.05, 0) is 32.3 Å². The number of nitrogens with two attached hydrogens (primary N) is 1. The zero-order valence-corrected chi connectivity index (χ0v) is 11.1. The second-order valence-corrected chi connectivity index (χ2v) is 4.97. The molecule has 92 valence electrons. The average molecular weight is 250 g/mol. The molecule has 0 aromatic carbocycles. The first kappa shape index (κ1) is 12.2. The van der Waals surface area contributed by atoms with Gasteiger partial charge >= 0.3 is 0 Å². The van der Waals surface area contributed by atoms with Crippen LogP contribution < -0.4 is 10.6 Å². The Balaban J connectivity index is 2.41. The van der Waals surface area contributed by atoms with Crippen molar-refractivity contribution < 1.29 is 0 Å². The monoisotopic (exact) mass is 250 g/mol. The highest BCUT2D eigenvalue weighted by Crippen LogP contribution is 2.32. The molecule has 0 amide bonds. The van der Waals surface area contributed by atoms with Crippen LogP contribution in [-0.4, -0.2) is 27.3 Å². The minimum Gasteiger partial charge on any atom is -0.389 e. The van der Waals surface area contributed by atoms with Gasteiger partial charge in [0.25, 0.3) is 0 Å². The van der Waals surface area contributed by atoms with Crippen molar-refractivity contribution in [2.24, 2.45) is 5.73 Å². The van der Waals surface area contributed by atoms with Gasteiger partial charge in [0.2, 0.25) is 0 Å². The van der Waals surface area contributed by atoms with E-state index in [9.17, 15) is 0 Å². The molecule has 2 heterocycles. The minimum atomic E-state index is 0.392. The van der Waals surface area contributed by atoms with E-state index in [-0.39, 0.29) is 0 Å². The van der Waals surface area contributed by atoms with Gasteiger partial charge < -0.3 is 10.6 Å². The second-order valence-electron chi connectivity index (χ2n) is 4.53. The minimum absolute atomic E-state index is 0.392. The summed E-state index contributed by atoms with van der Waals surface area (Å²) in [5.74, 6) is 0.844. The molecule has 1 fully saturated rings. The van der Waals surface area contributed by atoms with Gasteiger partial charge in [-0.3, -0.25) is 0 Å². The molecule has 2 rings (SSSR count). The standard InChI is InChI=1S/C12H18N4S/c1-3-9-5-4-8(2)16(9)12-10(11(13)17)6-7-14-15-12/h6-9H,3-5H2,1-2H3,(H2,13,17). The van der Waals surface area contributed by atoms with Gasteiger partial charge in [-0.25, -0.2) is 0 Å². The first-order chi connectivity index (χ1) is 8.15. The van der Waals surface area contributed by atoms with Crippen molar-refractivity contribution in [3.8, 4) is 0 Å².